The van der Waals surface area contributed by atoms with E-state index in [9.17, 15) is 9.59 Å². The second-order valence-electron chi connectivity index (χ2n) is 6.06. The van der Waals surface area contributed by atoms with Crippen LogP contribution in [0.1, 0.15) is 39.2 Å². The highest BCUT2D eigenvalue weighted by atomic mass is 16.5. The van der Waals surface area contributed by atoms with Gasteiger partial charge in [0.05, 0.1) is 30.0 Å². The number of nitrogens with zero attached hydrogens (tertiary/aromatic N) is 2. The molecule has 0 aliphatic carbocycles. The number of para-hydroxylation sites is 1. The minimum Gasteiger partial charge on any atom is -0.465 e. The first-order valence-corrected chi connectivity index (χ1v) is 8.70. The van der Waals surface area contributed by atoms with Gasteiger partial charge in [-0.25, -0.2) is 14.8 Å². The van der Waals surface area contributed by atoms with Crippen LogP contribution in [0.2, 0.25) is 0 Å². The van der Waals surface area contributed by atoms with Crippen molar-refractivity contribution in [3.63, 3.8) is 0 Å². The fourth-order valence-electron chi connectivity index (χ4n) is 2.61. The Morgan fingerprint density at radius 2 is 1.61 bits per heavy atom. The summed E-state index contributed by atoms with van der Waals surface area (Å²) in [7, 11) is 1.29. The number of hydrogen-bond donors (Lipinski definition) is 2. The Morgan fingerprint density at radius 3 is 2.29 bits per heavy atom. The van der Waals surface area contributed by atoms with Crippen LogP contribution in [0.15, 0.2) is 67.0 Å². The van der Waals surface area contributed by atoms with Gasteiger partial charge in [0.2, 0.25) is 5.95 Å². The molecule has 1 aromatic heterocycles. The molecule has 142 valence electrons. The van der Waals surface area contributed by atoms with E-state index in [1.165, 1.54) is 19.5 Å². The monoisotopic (exact) mass is 376 g/mol. The maximum absolute atomic E-state index is 12.5. The molecule has 1 unspecified atom stereocenters. The molecule has 1 atom stereocenters. The van der Waals surface area contributed by atoms with Gasteiger partial charge in [-0.3, -0.25) is 4.79 Å². The van der Waals surface area contributed by atoms with Crippen LogP contribution in [0.25, 0.3) is 0 Å². The van der Waals surface area contributed by atoms with Gasteiger partial charge in [0.25, 0.3) is 5.91 Å². The van der Waals surface area contributed by atoms with E-state index in [1.54, 1.807) is 24.3 Å². The molecule has 0 spiro atoms. The molecule has 3 rings (SSSR count). The number of anilines is 2. The van der Waals surface area contributed by atoms with Gasteiger partial charge in [0.15, 0.2) is 0 Å². The lowest BCUT2D eigenvalue weighted by Crippen LogP contribution is -2.16. The lowest BCUT2D eigenvalue weighted by Gasteiger charge is -2.14. The van der Waals surface area contributed by atoms with Gasteiger partial charge in [-0.1, -0.05) is 42.5 Å². The van der Waals surface area contributed by atoms with E-state index in [2.05, 4.69) is 20.6 Å². The SMILES string of the molecule is COC(=O)c1ccccc1NC(=O)c1cnc(NC(C)c2ccccc2)nc1. The molecular weight excluding hydrogens is 356 g/mol. The van der Waals surface area contributed by atoms with Crippen LogP contribution >= 0.6 is 0 Å². The smallest absolute Gasteiger partial charge is 0.339 e. The standard InChI is InChI=1S/C21H20N4O3/c1-14(15-8-4-3-5-9-15)24-21-22-12-16(13-23-21)19(26)25-18-11-7-6-10-17(18)20(27)28-2/h3-14H,1-2H3,(H,25,26)(H,22,23,24). The number of carbonyl (C=O) groups is 2. The number of aromatic nitrogens is 2. The summed E-state index contributed by atoms with van der Waals surface area (Å²) in [6.45, 7) is 2.00. The summed E-state index contributed by atoms with van der Waals surface area (Å²) in [6.07, 6.45) is 2.87. The number of amides is 1. The number of esters is 1. The van der Waals surface area contributed by atoms with Crippen LogP contribution in [0, 0.1) is 0 Å². The van der Waals surface area contributed by atoms with Crippen molar-refractivity contribution in [1.29, 1.82) is 0 Å². The Kier molecular flexibility index (Phi) is 5.96. The van der Waals surface area contributed by atoms with Crippen molar-refractivity contribution in [3.8, 4) is 0 Å². The van der Waals surface area contributed by atoms with E-state index in [1.807, 2.05) is 37.3 Å². The third kappa shape index (κ3) is 4.50. The van der Waals surface area contributed by atoms with E-state index in [0.717, 1.165) is 5.56 Å². The number of methoxy groups -OCH3 is 1. The predicted octanol–water partition coefficient (Wildman–Crippen LogP) is 3.69. The Balaban J connectivity index is 1.68. The van der Waals surface area contributed by atoms with Gasteiger partial charge in [-0.15, -0.1) is 0 Å². The lowest BCUT2D eigenvalue weighted by molar-refractivity contribution is 0.0602. The molecule has 7 heteroatoms. The van der Waals surface area contributed by atoms with Crippen LogP contribution in [-0.2, 0) is 4.74 Å². The largest absolute Gasteiger partial charge is 0.465 e. The first kappa shape index (κ1) is 19.0. The highest BCUT2D eigenvalue weighted by Gasteiger charge is 2.15. The molecule has 2 N–H and O–H groups in total. The summed E-state index contributed by atoms with van der Waals surface area (Å²) in [6, 6.07) is 16.6. The highest BCUT2D eigenvalue weighted by Crippen LogP contribution is 2.18. The minimum atomic E-state index is -0.526. The first-order valence-electron chi connectivity index (χ1n) is 8.70. The minimum absolute atomic E-state index is 0.0211. The molecule has 2 aromatic carbocycles. The van der Waals surface area contributed by atoms with Crippen molar-refractivity contribution in [2.24, 2.45) is 0 Å². The van der Waals surface area contributed by atoms with E-state index >= 15 is 0 Å². The molecule has 0 aliphatic heterocycles. The lowest BCUT2D eigenvalue weighted by atomic mass is 10.1. The Labute approximate surface area is 162 Å². The molecule has 0 aliphatic rings. The van der Waals surface area contributed by atoms with Crippen molar-refractivity contribution in [2.75, 3.05) is 17.7 Å². The molecule has 0 bridgehead atoms. The highest BCUT2D eigenvalue weighted by molar-refractivity contribution is 6.07. The van der Waals surface area contributed by atoms with Crippen molar-refractivity contribution >= 4 is 23.5 Å². The molecule has 0 saturated heterocycles. The van der Waals surface area contributed by atoms with Crippen LogP contribution in [0.4, 0.5) is 11.6 Å². The summed E-state index contributed by atoms with van der Waals surface area (Å²) in [5, 5.41) is 5.88. The van der Waals surface area contributed by atoms with Crippen molar-refractivity contribution in [1.82, 2.24) is 9.97 Å². The topological polar surface area (TPSA) is 93.2 Å². The molecule has 1 heterocycles. The third-order valence-electron chi connectivity index (χ3n) is 4.14. The number of nitrogens with one attached hydrogen (secondary N) is 2. The molecular formula is C21H20N4O3. The van der Waals surface area contributed by atoms with Gasteiger partial charge in [-0.2, -0.15) is 0 Å². The molecule has 7 nitrogen and oxygen atoms in total. The summed E-state index contributed by atoms with van der Waals surface area (Å²) >= 11 is 0. The zero-order valence-corrected chi connectivity index (χ0v) is 15.5. The molecule has 3 aromatic rings. The molecule has 28 heavy (non-hydrogen) atoms. The average Bonchev–Trinajstić information content (AvgIpc) is 2.74. The van der Waals surface area contributed by atoms with Gasteiger partial charge in [0, 0.05) is 12.4 Å². The first-order chi connectivity index (χ1) is 13.6. The predicted molar refractivity (Wildman–Crippen MR) is 106 cm³/mol. The zero-order chi connectivity index (χ0) is 19.9. The van der Waals surface area contributed by atoms with Gasteiger partial charge < -0.3 is 15.4 Å². The maximum Gasteiger partial charge on any atom is 0.339 e. The van der Waals surface area contributed by atoms with Crippen LogP contribution in [-0.4, -0.2) is 29.0 Å². The fraction of sp³-hybridized carbons (Fsp3) is 0.143. The zero-order valence-electron chi connectivity index (χ0n) is 15.5. The van der Waals surface area contributed by atoms with Gasteiger partial charge in [0.1, 0.15) is 0 Å². The molecule has 1 amide bonds. The van der Waals surface area contributed by atoms with Crippen LogP contribution in [0.5, 0.6) is 0 Å². The van der Waals surface area contributed by atoms with Gasteiger partial charge >= 0.3 is 5.97 Å². The van der Waals surface area contributed by atoms with Gasteiger partial charge in [-0.05, 0) is 24.6 Å². The summed E-state index contributed by atoms with van der Waals surface area (Å²) < 4.78 is 4.73. The Morgan fingerprint density at radius 1 is 0.964 bits per heavy atom. The number of carbonyl (C=O) groups excluding carboxylic acids is 2. The Hall–Kier alpha value is -3.74. The van der Waals surface area contributed by atoms with Crippen molar-refractivity contribution in [2.45, 2.75) is 13.0 Å². The van der Waals surface area contributed by atoms with E-state index in [0.29, 0.717) is 11.6 Å². The molecule has 0 radical (unpaired) electrons. The van der Waals surface area contributed by atoms with E-state index in [4.69, 9.17) is 4.74 Å². The fourth-order valence-corrected chi connectivity index (χ4v) is 2.61. The summed E-state index contributed by atoms with van der Waals surface area (Å²) in [5.74, 6) is -0.525. The van der Waals surface area contributed by atoms with E-state index in [-0.39, 0.29) is 17.2 Å². The second-order valence-corrected chi connectivity index (χ2v) is 6.06. The Bertz CT molecular complexity index is 959. The summed E-state index contributed by atoms with van der Waals surface area (Å²) in [5.41, 5.74) is 2.01. The average molecular weight is 376 g/mol. The van der Waals surface area contributed by atoms with Crippen LogP contribution < -0.4 is 10.6 Å². The van der Waals surface area contributed by atoms with E-state index < -0.39 is 11.9 Å². The van der Waals surface area contributed by atoms with Crippen molar-refractivity contribution in [3.05, 3.63) is 83.7 Å². The second kappa shape index (κ2) is 8.77. The summed E-state index contributed by atoms with van der Waals surface area (Å²) in [4.78, 5) is 32.7. The van der Waals surface area contributed by atoms with Crippen molar-refractivity contribution < 1.29 is 14.3 Å². The number of benzene rings is 2. The number of hydrogen-bond acceptors (Lipinski definition) is 6. The third-order valence-corrected chi connectivity index (χ3v) is 4.14. The quantitative estimate of drug-likeness (QED) is 0.638. The molecule has 0 fully saturated rings. The number of rotatable bonds is 6. The number of ether oxygens (including phenoxy) is 1. The molecule has 0 saturated carbocycles. The normalized spacial score (nSPS) is 11.4. The maximum atomic E-state index is 12.5. The van der Waals surface area contributed by atoms with Crippen LogP contribution in [0.3, 0.4) is 0 Å².